The lowest BCUT2D eigenvalue weighted by Gasteiger charge is -2.35. The molecule has 0 unspecified atom stereocenters. The van der Waals surface area contributed by atoms with E-state index in [1.165, 1.54) is 12.8 Å². The Morgan fingerprint density at radius 1 is 1.06 bits per heavy atom. The summed E-state index contributed by atoms with van der Waals surface area (Å²) in [5.74, 6) is 2.48. The first-order valence-corrected chi connectivity index (χ1v) is 11.3. The molecule has 3 heterocycles. The lowest BCUT2D eigenvalue weighted by Crippen LogP contribution is -2.47. The van der Waals surface area contributed by atoms with Gasteiger partial charge in [-0.3, -0.25) is 9.69 Å². The van der Waals surface area contributed by atoms with Crippen molar-refractivity contribution in [1.29, 1.82) is 0 Å². The van der Waals surface area contributed by atoms with Crippen molar-refractivity contribution in [2.45, 2.75) is 44.1 Å². The molecule has 164 valence electrons. The van der Waals surface area contributed by atoms with Crippen LogP contribution in [-0.4, -0.2) is 64.5 Å². The molecule has 0 aromatic carbocycles. The summed E-state index contributed by atoms with van der Waals surface area (Å²) in [6, 6.07) is 4.91. The van der Waals surface area contributed by atoms with Crippen molar-refractivity contribution >= 4 is 29.2 Å². The summed E-state index contributed by atoms with van der Waals surface area (Å²) >= 11 is 0. The Kier molecular flexibility index (Phi) is 5.59. The van der Waals surface area contributed by atoms with Gasteiger partial charge >= 0.3 is 0 Å². The molecule has 5 rings (SSSR count). The molecule has 3 fully saturated rings. The maximum atomic E-state index is 11.0. The van der Waals surface area contributed by atoms with Gasteiger partial charge in [-0.1, -0.05) is 0 Å². The summed E-state index contributed by atoms with van der Waals surface area (Å²) in [6.07, 6.45) is 9.02. The number of carbonyl (C=O) groups excluding carboxylic acids is 1. The molecule has 1 amide bonds. The van der Waals surface area contributed by atoms with Gasteiger partial charge in [-0.25, -0.2) is 9.97 Å². The number of pyridine rings is 1. The highest BCUT2D eigenvalue weighted by Gasteiger charge is 2.31. The number of nitrogens with two attached hydrogens (primary N) is 1. The Balaban J connectivity index is 1.21. The minimum Gasteiger partial charge on any atom is -0.370 e. The smallest absolute Gasteiger partial charge is 0.229 e. The average Bonchev–Trinajstić information content (AvgIpc) is 3.68. The first kappa shape index (κ1) is 20.0. The number of piperazine rings is 1. The lowest BCUT2D eigenvalue weighted by molar-refractivity contribution is -0.117. The number of anilines is 4. The molecular formula is C22H30N8O. The van der Waals surface area contributed by atoms with Crippen LogP contribution in [0.2, 0.25) is 0 Å². The number of rotatable bonds is 9. The van der Waals surface area contributed by atoms with E-state index in [1.807, 2.05) is 18.5 Å². The fraction of sp³-hybridized carbons (Fsp3) is 0.545. The topological polar surface area (TPSA) is 112 Å². The van der Waals surface area contributed by atoms with Gasteiger partial charge in [0.25, 0.3) is 0 Å². The Hall–Kier alpha value is -2.94. The minimum atomic E-state index is -0.326. The molecule has 4 N–H and O–H groups in total. The molecule has 0 atom stereocenters. The number of nitrogens with one attached hydrogen (secondary N) is 2. The van der Waals surface area contributed by atoms with Gasteiger partial charge in [-0.15, -0.1) is 0 Å². The van der Waals surface area contributed by atoms with Crippen LogP contribution in [0.15, 0.2) is 24.5 Å². The van der Waals surface area contributed by atoms with Crippen molar-refractivity contribution in [2.75, 3.05) is 48.3 Å². The van der Waals surface area contributed by atoms with Gasteiger partial charge in [0.05, 0.1) is 11.9 Å². The molecule has 2 saturated carbocycles. The van der Waals surface area contributed by atoms with Crippen LogP contribution in [0.3, 0.4) is 0 Å². The minimum absolute atomic E-state index is 0.275. The first-order chi connectivity index (χ1) is 15.2. The zero-order valence-corrected chi connectivity index (χ0v) is 17.8. The van der Waals surface area contributed by atoms with Gasteiger partial charge in [-0.05, 0) is 43.7 Å². The Bertz CT molecular complexity index is 918. The highest BCUT2D eigenvalue weighted by Crippen LogP contribution is 2.42. The molecule has 0 bridgehead atoms. The number of hydrogen-bond donors (Lipinski definition) is 3. The second-order valence-corrected chi connectivity index (χ2v) is 8.70. The van der Waals surface area contributed by atoms with Crippen LogP contribution in [0.25, 0.3) is 0 Å². The van der Waals surface area contributed by atoms with Crippen molar-refractivity contribution in [1.82, 2.24) is 19.9 Å². The van der Waals surface area contributed by atoms with Crippen molar-refractivity contribution in [3.8, 4) is 0 Å². The number of carbonyl (C=O) groups is 1. The van der Waals surface area contributed by atoms with Crippen molar-refractivity contribution < 1.29 is 4.79 Å². The summed E-state index contributed by atoms with van der Waals surface area (Å²) < 4.78 is 0. The molecule has 1 aliphatic heterocycles. The monoisotopic (exact) mass is 422 g/mol. The third kappa shape index (κ3) is 5.04. The van der Waals surface area contributed by atoms with Crippen LogP contribution < -0.4 is 21.3 Å². The average molecular weight is 423 g/mol. The van der Waals surface area contributed by atoms with E-state index >= 15 is 0 Å². The quantitative estimate of drug-likeness (QED) is 0.563. The fourth-order valence-electron chi connectivity index (χ4n) is 4.12. The largest absolute Gasteiger partial charge is 0.370 e. The molecule has 3 aliphatic rings. The highest BCUT2D eigenvalue weighted by molar-refractivity contribution is 5.74. The maximum absolute atomic E-state index is 11.0. The highest BCUT2D eigenvalue weighted by atomic mass is 16.1. The van der Waals surface area contributed by atoms with Crippen LogP contribution in [0.1, 0.15) is 43.6 Å². The van der Waals surface area contributed by atoms with Gasteiger partial charge in [0, 0.05) is 56.9 Å². The molecule has 9 heteroatoms. The van der Waals surface area contributed by atoms with Crippen LogP contribution in [-0.2, 0) is 4.79 Å². The van der Waals surface area contributed by atoms with Crippen molar-refractivity contribution in [3.05, 3.63) is 30.1 Å². The Morgan fingerprint density at radius 3 is 2.52 bits per heavy atom. The molecular weight excluding hydrogens is 392 g/mol. The standard InChI is InChI=1S/C22H30N8O/c23-19(31)7-8-24-21-18(15-1-2-15)14-26-22(28-21)27-16-3-6-20(25-13-16)30-11-9-29(10-12-30)17-4-5-17/h3,6,13-15,17H,1-2,4-5,7-12H2,(H2,23,31)(H2,24,26,27,28). The number of aromatic nitrogens is 3. The molecule has 0 radical (unpaired) electrons. The molecule has 2 aromatic rings. The van der Waals surface area contributed by atoms with Crippen molar-refractivity contribution in [2.24, 2.45) is 5.73 Å². The normalized spacial score (nSPS) is 19.3. The Morgan fingerprint density at radius 2 is 1.87 bits per heavy atom. The van der Waals surface area contributed by atoms with E-state index in [0.717, 1.165) is 67.9 Å². The van der Waals surface area contributed by atoms with Gasteiger partial charge in [0.2, 0.25) is 11.9 Å². The third-order valence-electron chi connectivity index (χ3n) is 6.20. The molecule has 31 heavy (non-hydrogen) atoms. The van der Waals surface area contributed by atoms with Gasteiger partial charge in [-0.2, -0.15) is 4.98 Å². The molecule has 1 saturated heterocycles. The zero-order chi connectivity index (χ0) is 21.2. The summed E-state index contributed by atoms with van der Waals surface area (Å²) in [5.41, 5.74) is 7.21. The van der Waals surface area contributed by atoms with E-state index in [1.54, 1.807) is 0 Å². The third-order valence-corrected chi connectivity index (χ3v) is 6.20. The molecule has 2 aliphatic carbocycles. The van der Waals surface area contributed by atoms with Crippen LogP contribution >= 0.6 is 0 Å². The van der Waals surface area contributed by atoms with E-state index in [-0.39, 0.29) is 12.3 Å². The number of nitrogens with zero attached hydrogens (tertiary/aromatic N) is 5. The van der Waals surface area contributed by atoms with Crippen LogP contribution in [0.4, 0.5) is 23.3 Å². The maximum Gasteiger partial charge on any atom is 0.229 e. The first-order valence-electron chi connectivity index (χ1n) is 11.3. The van der Waals surface area contributed by atoms with Gasteiger partial charge in [0.15, 0.2) is 0 Å². The predicted molar refractivity (Wildman–Crippen MR) is 121 cm³/mol. The van der Waals surface area contributed by atoms with Crippen LogP contribution in [0.5, 0.6) is 0 Å². The predicted octanol–water partition coefficient (Wildman–Crippen LogP) is 2.06. The second-order valence-electron chi connectivity index (χ2n) is 8.70. The molecule has 0 spiro atoms. The van der Waals surface area contributed by atoms with E-state index in [2.05, 4.69) is 41.5 Å². The summed E-state index contributed by atoms with van der Waals surface area (Å²) in [7, 11) is 0. The second kappa shape index (κ2) is 8.66. The summed E-state index contributed by atoms with van der Waals surface area (Å²) in [4.78, 5) is 29.8. The van der Waals surface area contributed by atoms with Gasteiger partial charge in [0.1, 0.15) is 11.6 Å². The van der Waals surface area contributed by atoms with E-state index < -0.39 is 0 Å². The van der Waals surface area contributed by atoms with Crippen LogP contribution in [0, 0.1) is 0 Å². The summed E-state index contributed by atoms with van der Waals surface area (Å²) in [5, 5.41) is 6.49. The zero-order valence-electron chi connectivity index (χ0n) is 17.8. The summed E-state index contributed by atoms with van der Waals surface area (Å²) in [6.45, 7) is 4.78. The van der Waals surface area contributed by atoms with E-state index in [0.29, 0.717) is 18.4 Å². The number of primary amides is 1. The number of amides is 1. The fourth-order valence-corrected chi connectivity index (χ4v) is 4.12. The lowest BCUT2D eigenvalue weighted by atomic mass is 10.2. The van der Waals surface area contributed by atoms with Gasteiger partial charge < -0.3 is 21.3 Å². The SMILES string of the molecule is NC(=O)CCNc1nc(Nc2ccc(N3CCN(C4CC4)CC3)nc2)ncc1C1CC1. The van der Waals surface area contributed by atoms with Crippen molar-refractivity contribution in [3.63, 3.8) is 0 Å². The van der Waals surface area contributed by atoms with E-state index in [4.69, 9.17) is 5.73 Å². The molecule has 2 aromatic heterocycles. The van der Waals surface area contributed by atoms with E-state index in [9.17, 15) is 4.79 Å². The Labute approximate surface area is 182 Å². The molecule has 9 nitrogen and oxygen atoms in total. The number of hydrogen-bond acceptors (Lipinski definition) is 8.